The maximum Gasteiger partial charge on any atom is 0.306 e. The number of esters is 1. The van der Waals surface area contributed by atoms with Crippen LogP contribution in [0.2, 0.25) is 0 Å². The van der Waals surface area contributed by atoms with Gasteiger partial charge in [-0.2, -0.15) is 0 Å². The van der Waals surface area contributed by atoms with Gasteiger partial charge in [-0.15, -0.1) is 0 Å². The topological polar surface area (TPSA) is 138 Å². The molecule has 0 saturated heterocycles. The number of ether oxygens (including phenoxy) is 1. The first kappa shape index (κ1) is 29.6. The molecule has 3 saturated carbocycles. The number of hydrogen-bond acceptors (Lipinski definition) is 7. The maximum absolute atomic E-state index is 17.4. The molecule has 3 fully saturated rings. The van der Waals surface area contributed by atoms with Crippen LogP contribution in [0.4, 0.5) is 4.39 Å². The van der Waals surface area contributed by atoms with Crippen molar-refractivity contribution in [3.8, 4) is 0 Å². The summed E-state index contributed by atoms with van der Waals surface area (Å²) in [6.45, 7) is 4.45. The highest BCUT2D eigenvalue weighted by molar-refractivity contribution is 6.01. The summed E-state index contributed by atoms with van der Waals surface area (Å²) in [7, 11) is 0. The molecule has 0 aromatic carbocycles. The van der Waals surface area contributed by atoms with Crippen molar-refractivity contribution in [2.45, 2.75) is 102 Å². The number of unbranched alkanes of at least 4 members (excludes halogenated alkanes) is 3. The van der Waals surface area contributed by atoms with Crippen LogP contribution in [0.15, 0.2) is 23.8 Å². The number of halogens is 1. The number of ketones is 2. The lowest BCUT2D eigenvalue weighted by molar-refractivity contribution is -0.228. The van der Waals surface area contributed by atoms with Crippen LogP contribution >= 0.6 is 0 Å². The van der Waals surface area contributed by atoms with Gasteiger partial charge in [0, 0.05) is 35.5 Å². The van der Waals surface area contributed by atoms with E-state index in [0.29, 0.717) is 50.5 Å². The van der Waals surface area contributed by atoms with Gasteiger partial charge in [0.05, 0.1) is 6.10 Å². The molecule has 216 valence electrons. The van der Waals surface area contributed by atoms with E-state index in [9.17, 15) is 29.4 Å². The Balaban J connectivity index is 1.61. The summed E-state index contributed by atoms with van der Waals surface area (Å²) in [5.74, 6) is -3.84. The molecule has 4 rings (SSSR count). The predicted molar refractivity (Wildman–Crippen MR) is 139 cm³/mol. The van der Waals surface area contributed by atoms with Crippen LogP contribution in [0.1, 0.15) is 85.0 Å². The van der Waals surface area contributed by atoms with Crippen molar-refractivity contribution in [1.29, 1.82) is 0 Å². The van der Waals surface area contributed by atoms with Crippen LogP contribution in [-0.2, 0) is 23.9 Å². The third-order valence-electron chi connectivity index (χ3n) is 10.5. The molecule has 2 unspecified atom stereocenters. The van der Waals surface area contributed by atoms with E-state index < -0.39 is 70.3 Å². The zero-order valence-electron chi connectivity index (χ0n) is 23.1. The van der Waals surface area contributed by atoms with Gasteiger partial charge in [-0.3, -0.25) is 19.2 Å². The summed E-state index contributed by atoms with van der Waals surface area (Å²) in [5, 5.41) is 30.3. The van der Waals surface area contributed by atoms with Gasteiger partial charge in [-0.25, -0.2) is 4.39 Å². The number of aliphatic hydroxyl groups excluding tert-OH is 2. The molecule has 3 N–H and O–H groups in total. The molecule has 4 aliphatic rings. The van der Waals surface area contributed by atoms with Crippen molar-refractivity contribution < 1.29 is 43.6 Å². The second kappa shape index (κ2) is 10.5. The highest BCUT2D eigenvalue weighted by Gasteiger charge is 2.77. The van der Waals surface area contributed by atoms with Gasteiger partial charge in [0.1, 0.15) is 6.61 Å². The molecule has 0 heterocycles. The SMILES string of the molecule is CC1C[C@H]2[C@@H]3CCC4=CC(=O)C=C[C@]4(C)[C@@]3(F)C(O)C[C@]2(C)[C@@]1(OC(=O)CCCCCCC(=O)O)C(=O)CO. The van der Waals surface area contributed by atoms with E-state index in [1.807, 2.05) is 0 Å². The summed E-state index contributed by atoms with van der Waals surface area (Å²) in [6.07, 6.45) is 6.41. The van der Waals surface area contributed by atoms with E-state index in [0.717, 1.165) is 0 Å². The molecular formula is C30H41FO8. The normalized spacial score (nSPS) is 40.8. The number of carbonyl (C=O) groups excluding carboxylic acids is 3. The van der Waals surface area contributed by atoms with Crippen molar-refractivity contribution >= 4 is 23.5 Å². The van der Waals surface area contributed by atoms with Crippen molar-refractivity contribution in [2.24, 2.45) is 28.6 Å². The predicted octanol–water partition coefficient (Wildman–Crippen LogP) is 3.87. The van der Waals surface area contributed by atoms with Crippen LogP contribution in [0.25, 0.3) is 0 Å². The summed E-state index contributed by atoms with van der Waals surface area (Å²) < 4.78 is 23.4. The van der Waals surface area contributed by atoms with E-state index in [4.69, 9.17) is 9.84 Å². The minimum Gasteiger partial charge on any atom is -0.481 e. The molecule has 0 aromatic heterocycles. The van der Waals surface area contributed by atoms with Gasteiger partial charge in [0.2, 0.25) is 5.78 Å². The molecule has 0 spiro atoms. The fraction of sp³-hybridized carbons (Fsp3) is 0.733. The lowest BCUT2D eigenvalue weighted by atomic mass is 9.44. The number of alkyl halides is 1. The van der Waals surface area contributed by atoms with Crippen molar-refractivity contribution in [3.63, 3.8) is 0 Å². The number of rotatable bonds is 10. The monoisotopic (exact) mass is 548 g/mol. The second-order valence-electron chi connectivity index (χ2n) is 12.5. The fourth-order valence-corrected chi connectivity index (χ4v) is 8.65. The van der Waals surface area contributed by atoms with E-state index in [-0.39, 0.29) is 25.0 Å². The van der Waals surface area contributed by atoms with Crippen LogP contribution in [0.5, 0.6) is 0 Å². The van der Waals surface area contributed by atoms with Gasteiger partial charge in [0.25, 0.3) is 0 Å². The van der Waals surface area contributed by atoms with Crippen LogP contribution in [-0.4, -0.2) is 62.8 Å². The number of aliphatic carboxylic acids is 1. The molecule has 0 bridgehead atoms. The van der Waals surface area contributed by atoms with Crippen LogP contribution in [0, 0.1) is 28.6 Å². The Kier molecular flexibility index (Phi) is 8.00. The number of fused-ring (bicyclic) bond motifs is 5. The van der Waals surface area contributed by atoms with E-state index in [1.165, 1.54) is 12.2 Å². The number of carboxylic acids is 1. The van der Waals surface area contributed by atoms with Gasteiger partial charge in [-0.05, 0) is 63.5 Å². The summed E-state index contributed by atoms with van der Waals surface area (Å²) in [6, 6.07) is 0. The van der Waals surface area contributed by atoms with E-state index >= 15 is 4.39 Å². The highest BCUT2D eigenvalue weighted by atomic mass is 19.1. The molecule has 0 aromatic rings. The van der Waals surface area contributed by atoms with Gasteiger partial charge < -0.3 is 20.1 Å². The Morgan fingerprint density at radius 1 is 1.10 bits per heavy atom. The maximum atomic E-state index is 17.4. The summed E-state index contributed by atoms with van der Waals surface area (Å²) in [5.41, 5.74) is -5.39. The molecule has 8 atom stereocenters. The quantitative estimate of drug-likeness (QED) is 0.276. The Morgan fingerprint density at radius 2 is 1.77 bits per heavy atom. The molecule has 9 heteroatoms. The Bertz CT molecular complexity index is 1100. The minimum absolute atomic E-state index is 0.0328. The highest BCUT2D eigenvalue weighted by Crippen LogP contribution is 2.71. The average Bonchev–Trinajstić information content (AvgIpc) is 3.08. The number of carbonyl (C=O) groups is 4. The van der Waals surface area contributed by atoms with Gasteiger partial charge >= 0.3 is 11.9 Å². The molecule has 0 aliphatic heterocycles. The zero-order valence-corrected chi connectivity index (χ0v) is 23.1. The standard InChI is InChI=1S/C30H41FO8/c1-18-14-22-21-11-10-19-15-20(33)12-13-27(19,2)29(21,31)23(34)16-28(22,3)30(18,24(35)17-32)39-26(38)9-7-5-4-6-8-25(36)37/h12-13,15,18,21-23,32,34H,4-11,14,16-17H2,1-3H3,(H,36,37)/t18?,21-,22-,23?,27-,28-,29-,30-/m0/s1. The second-order valence-corrected chi connectivity index (χ2v) is 12.5. The van der Waals surface area contributed by atoms with Crippen molar-refractivity contribution in [1.82, 2.24) is 0 Å². The molecule has 4 aliphatic carbocycles. The smallest absolute Gasteiger partial charge is 0.306 e. The molecule has 8 nitrogen and oxygen atoms in total. The Morgan fingerprint density at radius 3 is 2.41 bits per heavy atom. The molecule has 0 radical (unpaired) electrons. The number of Topliss-reactive ketones (excluding diaryl/α,β-unsaturated/α-hetero) is 1. The lowest BCUT2D eigenvalue weighted by Crippen LogP contribution is -2.70. The van der Waals surface area contributed by atoms with Crippen LogP contribution in [0.3, 0.4) is 0 Å². The number of aliphatic hydroxyl groups is 2. The van der Waals surface area contributed by atoms with Crippen molar-refractivity contribution in [2.75, 3.05) is 6.61 Å². The average molecular weight is 549 g/mol. The third-order valence-corrected chi connectivity index (χ3v) is 10.5. The molecular weight excluding hydrogens is 507 g/mol. The fourth-order valence-electron chi connectivity index (χ4n) is 8.65. The zero-order chi connectivity index (χ0) is 28.8. The van der Waals surface area contributed by atoms with Crippen LogP contribution < -0.4 is 0 Å². The first-order valence-electron chi connectivity index (χ1n) is 14.2. The molecule has 39 heavy (non-hydrogen) atoms. The minimum atomic E-state index is -2.07. The first-order chi connectivity index (χ1) is 18.3. The van der Waals surface area contributed by atoms with E-state index in [1.54, 1.807) is 26.8 Å². The van der Waals surface area contributed by atoms with Gasteiger partial charge in [-0.1, -0.05) is 38.3 Å². The number of allylic oxidation sites excluding steroid dienone is 4. The van der Waals surface area contributed by atoms with Gasteiger partial charge in [0.15, 0.2) is 17.1 Å². The molecule has 0 amide bonds. The Labute approximate surface area is 228 Å². The van der Waals surface area contributed by atoms with E-state index in [2.05, 4.69) is 0 Å². The number of hydrogen-bond donors (Lipinski definition) is 3. The third kappa shape index (κ3) is 4.40. The largest absolute Gasteiger partial charge is 0.481 e. The first-order valence-corrected chi connectivity index (χ1v) is 14.2. The lowest BCUT2D eigenvalue weighted by Gasteiger charge is -2.62. The summed E-state index contributed by atoms with van der Waals surface area (Å²) in [4.78, 5) is 49.3. The Hall–Kier alpha value is -2.39. The summed E-state index contributed by atoms with van der Waals surface area (Å²) >= 11 is 0. The van der Waals surface area contributed by atoms with Crippen molar-refractivity contribution in [3.05, 3.63) is 23.8 Å². The number of carboxylic acid groups (broad SMARTS) is 1.